The van der Waals surface area contributed by atoms with Gasteiger partial charge in [0.1, 0.15) is 11.5 Å². The number of phenolic OH excluding ortho intramolecular Hbond substituents is 2. The van der Waals surface area contributed by atoms with Gasteiger partial charge in [-0.15, -0.1) is 0 Å². The third-order valence-corrected chi connectivity index (χ3v) is 3.02. The first kappa shape index (κ1) is 16.7. The van der Waals surface area contributed by atoms with E-state index in [-0.39, 0.29) is 33.8 Å². The normalized spacial score (nSPS) is 11.2. The summed E-state index contributed by atoms with van der Waals surface area (Å²) >= 11 is 0. The minimum Gasteiger partial charge on any atom is -0.507 e. The van der Waals surface area contributed by atoms with Gasteiger partial charge in [0.25, 0.3) is 0 Å². The van der Waals surface area contributed by atoms with Crippen molar-refractivity contribution in [2.45, 2.75) is 0 Å². The van der Waals surface area contributed by atoms with E-state index in [4.69, 9.17) is 10.2 Å². The van der Waals surface area contributed by atoms with Gasteiger partial charge < -0.3 is 20.4 Å². The molecule has 0 aromatic heterocycles. The van der Waals surface area contributed by atoms with E-state index in [1.807, 2.05) is 0 Å². The molecular formula is C16H12N2O6. The molecule has 0 atom stereocenters. The Balaban J connectivity index is 2.13. The lowest BCUT2D eigenvalue weighted by atomic mass is 10.1. The predicted octanol–water partition coefficient (Wildman–Crippen LogP) is 1.95. The molecule has 8 nitrogen and oxygen atoms in total. The summed E-state index contributed by atoms with van der Waals surface area (Å²) < 4.78 is 0. The number of phenols is 2. The zero-order chi connectivity index (χ0) is 17.7. The first-order chi connectivity index (χ1) is 11.4. The molecule has 4 N–H and O–H groups in total. The van der Waals surface area contributed by atoms with Crippen LogP contribution < -0.4 is 0 Å². The van der Waals surface area contributed by atoms with Gasteiger partial charge in [0.05, 0.1) is 23.6 Å². The highest BCUT2D eigenvalue weighted by atomic mass is 16.4. The summed E-state index contributed by atoms with van der Waals surface area (Å²) in [4.78, 5) is 21.5. The molecule has 24 heavy (non-hydrogen) atoms. The predicted molar refractivity (Wildman–Crippen MR) is 85.3 cm³/mol. The van der Waals surface area contributed by atoms with Crippen molar-refractivity contribution in [1.82, 2.24) is 0 Å². The zero-order valence-electron chi connectivity index (χ0n) is 12.1. The van der Waals surface area contributed by atoms with Crippen molar-refractivity contribution in [3.8, 4) is 11.5 Å². The summed E-state index contributed by atoms with van der Waals surface area (Å²) in [5.41, 5.74) is 0.415. The van der Waals surface area contributed by atoms with Gasteiger partial charge in [-0.1, -0.05) is 0 Å². The van der Waals surface area contributed by atoms with Crippen molar-refractivity contribution in [2.24, 2.45) is 10.2 Å². The van der Waals surface area contributed by atoms with Gasteiger partial charge in [-0.2, -0.15) is 10.2 Å². The number of hydrogen-bond acceptors (Lipinski definition) is 6. The van der Waals surface area contributed by atoms with Crippen LogP contribution in [0.25, 0.3) is 0 Å². The quantitative estimate of drug-likeness (QED) is 0.488. The fourth-order valence-electron chi connectivity index (χ4n) is 1.76. The molecule has 0 saturated heterocycles. The van der Waals surface area contributed by atoms with Crippen LogP contribution in [0, 0.1) is 0 Å². The lowest BCUT2D eigenvalue weighted by Crippen LogP contribution is -1.96. The molecule has 2 aromatic rings. The first-order valence-electron chi connectivity index (χ1n) is 6.57. The summed E-state index contributed by atoms with van der Waals surface area (Å²) in [6.45, 7) is 0. The van der Waals surface area contributed by atoms with E-state index in [0.717, 1.165) is 12.1 Å². The molecular weight excluding hydrogens is 316 g/mol. The van der Waals surface area contributed by atoms with E-state index >= 15 is 0 Å². The van der Waals surface area contributed by atoms with Crippen LogP contribution in [0.5, 0.6) is 11.5 Å². The number of benzene rings is 2. The van der Waals surface area contributed by atoms with E-state index < -0.39 is 11.9 Å². The smallest absolute Gasteiger partial charge is 0.335 e. The molecule has 0 bridgehead atoms. The number of carboxylic acids is 2. The van der Waals surface area contributed by atoms with Crippen LogP contribution in [0.2, 0.25) is 0 Å². The Hall–Kier alpha value is -3.68. The van der Waals surface area contributed by atoms with Crippen LogP contribution in [0.15, 0.2) is 46.6 Å². The minimum atomic E-state index is -1.16. The van der Waals surface area contributed by atoms with Crippen LogP contribution in [-0.2, 0) is 0 Å². The Morgan fingerprint density at radius 2 is 1.12 bits per heavy atom. The molecule has 0 aliphatic heterocycles. The van der Waals surface area contributed by atoms with Gasteiger partial charge in [-0.05, 0) is 36.4 Å². The molecule has 122 valence electrons. The van der Waals surface area contributed by atoms with Gasteiger partial charge in [0.15, 0.2) is 0 Å². The Bertz CT molecular complexity index is 786. The number of aromatic hydroxyl groups is 2. The molecule has 2 aromatic carbocycles. The molecule has 8 heteroatoms. The maximum Gasteiger partial charge on any atom is 0.335 e. The summed E-state index contributed by atoms with van der Waals surface area (Å²) in [6, 6.07) is 7.54. The molecule has 0 spiro atoms. The third kappa shape index (κ3) is 3.95. The van der Waals surface area contributed by atoms with Gasteiger partial charge in [0.2, 0.25) is 0 Å². The Morgan fingerprint density at radius 1 is 0.750 bits per heavy atom. The van der Waals surface area contributed by atoms with Crippen LogP contribution >= 0.6 is 0 Å². The Morgan fingerprint density at radius 3 is 1.42 bits per heavy atom. The fraction of sp³-hybridized carbons (Fsp3) is 0. The first-order valence-corrected chi connectivity index (χ1v) is 6.57. The second-order valence-electron chi connectivity index (χ2n) is 4.65. The maximum atomic E-state index is 10.8. The van der Waals surface area contributed by atoms with Crippen molar-refractivity contribution in [3.05, 3.63) is 58.7 Å². The van der Waals surface area contributed by atoms with Crippen molar-refractivity contribution in [2.75, 3.05) is 0 Å². The Labute approximate surface area is 135 Å². The second kappa shape index (κ2) is 7.05. The molecule has 0 radical (unpaired) electrons. The number of aromatic carboxylic acids is 2. The molecule has 0 amide bonds. The molecule has 0 aliphatic rings. The molecule has 0 aliphatic carbocycles. The SMILES string of the molecule is O=C(O)c1ccc(C=NN=Cc2ccc(C(=O)O)cc2O)c(O)c1. The van der Waals surface area contributed by atoms with Crippen molar-refractivity contribution < 1.29 is 30.0 Å². The van der Waals surface area contributed by atoms with E-state index in [0.29, 0.717) is 0 Å². The highest BCUT2D eigenvalue weighted by Gasteiger charge is 2.07. The lowest BCUT2D eigenvalue weighted by Gasteiger charge is -2.00. The summed E-state index contributed by atoms with van der Waals surface area (Å²) in [5, 5.41) is 44.3. The number of carboxylic acid groups (broad SMARTS) is 2. The second-order valence-corrected chi connectivity index (χ2v) is 4.65. The van der Waals surface area contributed by atoms with Crippen LogP contribution in [0.1, 0.15) is 31.8 Å². The van der Waals surface area contributed by atoms with Crippen LogP contribution in [0.3, 0.4) is 0 Å². The number of nitrogens with zero attached hydrogens (tertiary/aromatic N) is 2. The molecule has 0 fully saturated rings. The van der Waals surface area contributed by atoms with Crippen LogP contribution in [0.4, 0.5) is 0 Å². The number of carbonyl (C=O) groups is 2. The van der Waals surface area contributed by atoms with E-state index in [1.165, 1.54) is 36.7 Å². The summed E-state index contributed by atoms with van der Waals surface area (Å²) in [5.74, 6) is -2.84. The van der Waals surface area contributed by atoms with E-state index in [2.05, 4.69) is 10.2 Å². The van der Waals surface area contributed by atoms with Gasteiger partial charge in [-0.3, -0.25) is 0 Å². The largest absolute Gasteiger partial charge is 0.507 e. The topological polar surface area (TPSA) is 140 Å². The zero-order valence-corrected chi connectivity index (χ0v) is 12.1. The van der Waals surface area contributed by atoms with Crippen molar-refractivity contribution in [3.63, 3.8) is 0 Å². The van der Waals surface area contributed by atoms with Crippen molar-refractivity contribution >= 4 is 24.4 Å². The molecule has 2 rings (SSSR count). The van der Waals surface area contributed by atoms with Gasteiger partial charge in [-0.25, -0.2) is 9.59 Å². The average molecular weight is 328 g/mol. The van der Waals surface area contributed by atoms with Gasteiger partial charge in [0, 0.05) is 11.1 Å². The van der Waals surface area contributed by atoms with E-state index in [9.17, 15) is 19.8 Å². The molecule has 0 unspecified atom stereocenters. The maximum absolute atomic E-state index is 10.8. The summed E-state index contributed by atoms with van der Waals surface area (Å²) in [7, 11) is 0. The fourth-order valence-corrected chi connectivity index (χ4v) is 1.76. The number of hydrogen-bond donors (Lipinski definition) is 4. The molecule has 0 heterocycles. The third-order valence-electron chi connectivity index (χ3n) is 3.02. The van der Waals surface area contributed by atoms with Gasteiger partial charge >= 0.3 is 11.9 Å². The average Bonchev–Trinajstić information content (AvgIpc) is 2.53. The minimum absolute atomic E-state index is 0.0587. The summed E-state index contributed by atoms with van der Waals surface area (Å²) in [6.07, 6.45) is 2.42. The standard InChI is InChI=1S/C16H12N2O6/c19-13-5-9(15(21)22)1-3-11(13)7-17-18-8-12-4-2-10(16(23)24)6-14(12)20/h1-8,19-20H,(H,21,22)(H,23,24). The Kier molecular flexibility index (Phi) is 4.90. The lowest BCUT2D eigenvalue weighted by molar-refractivity contribution is 0.0685. The highest BCUT2D eigenvalue weighted by molar-refractivity contribution is 5.92. The monoisotopic (exact) mass is 328 g/mol. The number of rotatable bonds is 5. The highest BCUT2D eigenvalue weighted by Crippen LogP contribution is 2.18. The van der Waals surface area contributed by atoms with Crippen molar-refractivity contribution in [1.29, 1.82) is 0 Å². The van der Waals surface area contributed by atoms with E-state index in [1.54, 1.807) is 0 Å². The molecule has 0 saturated carbocycles. The van der Waals surface area contributed by atoms with Crippen LogP contribution in [-0.4, -0.2) is 44.8 Å².